The molecule has 21 heavy (non-hydrogen) atoms. The first-order valence-corrected chi connectivity index (χ1v) is 6.67. The lowest BCUT2D eigenvalue weighted by molar-refractivity contribution is -0.134. The minimum atomic E-state index is -0.302. The number of aromatic nitrogens is 1. The van der Waals surface area contributed by atoms with Crippen LogP contribution in [-0.4, -0.2) is 16.9 Å². The quantitative estimate of drug-likeness (QED) is 0.676. The predicted molar refractivity (Wildman–Crippen MR) is 77.8 cm³/mol. The molecule has 1 amide bonds. The number of pyridine rings is 1. The number of benzene rings is 1. The van der Waals surface area contributed by atoms with E-state index in [0.29, 0.717) is 24.3 Å². The highest BCUT2D eigenvalue weighted by atomic mass is 16.5. The van der Waals surface area contributed by atoms with Crippen LogP contribution < -0.4 is 10.1 Å². The van der Waals surface area contributed by atoms with Gasteiger partial charge in [-0.05, 0) is 35.9 Å². The molecule has 0 aliphatic heterocycles. The van der Waals surface area contributed by atoms with E-state index in [0.717, 1.165) is 5.56 Å². The van der Waals surface area contributed by atoms with Crippen LogP contribution in [0.1, 0.15) is 29.3 Å². The Kier molecular flexibility index (Phi) is 5.04. The molecule has 108 valence electrons. The third-order valence-corrected chi connectivity index (χ3v) is 2.81. The van der Waals surface area contributed by atoms with Gasteiger partial charge >= 0.3 is 5.97 Å². The van der Waals surface area contributed by atoms with Crippen molar-refractivity contribution in [3.63, 3.8) is 0 Å². The predicted octanol–water partition coefficient (Wildman–Crippen LogP) is 2.33. The molecule has 1 heterocycles. The Morgan fingerprint density at radius 2 is 1.95 bits per heavy atom. The number of hydrogen-bond acceptors (Lipinski definition) is 4. The molecule has 0 radical (unpaired) electrons. The second kappa shape index (κ2) is 7.19. The van der Waals surface area contributed by atoms with Crippen LogP contribution in [0.2, 0.25) is 0 Å². The summed E-state index contributed by atoms with van der Waals surface area (Å²) < 4.78 is 5.05. The van der Waals surface area contributed by atoms with Gasteiger partial charge in [-0.1, -0.05) is 13.0 Å². The van der Waals surface area contributed by atoms with Gasteiger partial charge in [-0.2, -0.15) is 0 Å². The molecule has 5 heteroatoms. The third-order valence-electron chi connectivity index (χ3n) is 2.81. The molecule has 0 spiro atoms. The van der Waals surface area contributed by atoms with Gasteiger partial charge in [0, 0.05) is 30.9 Å². The maximum Gasteiger partial charge on any atom is 0.310 e. The van der Waals surface area contributed by atoms with Gasteiger partial charge < -0.3 is 10.1 Å². The Hall–Kier alpha value is -2.69. The summed E-state index contributed by atoms with van der Waals surface area (Å²) >= 11 is 0. The number of rotatable bonds is 5. The Labute approximate surface area is 123 Å². The molecule has 0 unspecified atom stereocenters. The second-order valence-electron chi connectivity index (χ2n) is 4.40. The van der Waals surface area contributed by atoms with E-state index in [4.69, 9.17) is 4.74 Å². The van der Waals surface area contributed by atoms with Gasteiger partial charge in [-0.25, -0.2) is 0 Å². The molecular weight excluding hydrogens is 268 g/mol. The summed E-state index contributed by atoms with van der Waals surface area (Å²) in [6.07, 6.45) is 3.70. The number of hydrogen-bond donors (Lipinski definition) is 1. The smallest absolute Gasteiger partial charge is 0.310 e. The summed E-state index contributed by atoms with van der Waals surface area (Å²) in [4.78, 5) is 27.1. The van der Waals surface area contributed by atoms with E-state index >= 15 is 0 Å². The van der Waals surface area contributed by atoms with Crippen molar-refractivity contribution >= 4 is 11.9 Å². The monoisotopic (exact) mass is 284 g/mol. The minimum absolute atomic E-state index is 0.188. The highest BCUT2D eigenvalue weighted by Crippen LogP contribution is 2.13. The summed E-state index contributed by atoms with van der Waals surface area (Å²) in [7, 11) is 0. The Morgan fingerprint density at radius 1 is 1.19 bits per heavy atom. The van der Waals surface area contributed by atoms with Crippen LogP contribution in [0, 0.1) is 0 Å². The van der Waals surface area contributed by atoms with Crippen molar-refractivity contribution in [2.24, 2.45) is 0 Å². The summed E-state index contributed by atoms with van der Waals surface area (Å²) in [5.41, 5.74) is 1.44. The fourth-order valence-electron chi connectivity index (χ4n) is 1.67. The van der Waals surface area contributed by atoms with Crippen LogP contribution in [0.3, 0.4) is 0 Å². The standard InChI is InChI=1S/C16H16N2O3/c1-2-15(19)21-14-7-5-13(6-8-14)16(20)18-11-12-4-3-9-17-10-12/h3-10H,2,11H2,1H3,(H,18,20). The lowest BCUT2D eigenvalue weighted by atomic mass is 10.2. The van der Waals surface area contributed by atoms with Crippen LogP contribution in [0.4, 0.5) is 0 Å². The van der Waals surface area contributed by atoms with Crippen molar-refractivity contribution in [1.82, 2.24) is 10.3 Å². The lowest BCUT2D eigenvalue weighted by Crippen LogP contribution is -2.22. The van der Waals surface area contributed by atoms with E-state index < -0.39 is 0 Å². The normalized spacial score (nSPS) is 9.95. The molecule has 0 aliphatic carbocycles. The molecule has 0 saturated heterocycles. The summed E-state index contributed by atoms with van der Waals surface area (Å²) in [6.45, 7) is 2.14. The van der Waals surface area contributed by atoms with Gasteiger partial charge in [0.1, 0.15) is 5.75 Å². The van der Waals surface area contributed by atoms with Crippen LogP contribution in [0.5, 0.6) is 5.75 Å². The number of amides is 1. The summed E-state index contributed by atoms with van der Waals surface area (Å²) in [5.74, 6) is -0.0540. The molecule has 2 aromatic rings. The van der Waals surface area contributed by atoms with Gasteiger partial charge in [0.05, 0.1) is 0 Å². The second-order valence-corrected chi connectivity index (χ2v) is 4.40. The fraction of sp³-hybridized carbons (Fsp3) is 0.188. The molecule has 1 aromatic carbocycles. The molecule has 0 bridgehead atoms. The molecule has 1 aromatic heterocycles. The maximum absolute atomic E-state index is 12.0. The summed E-state index contributed by atoms with van der Waals surface area (Å²) in [6, 6.07) is 10.2. The zero-order valence-electron chi connectivity index (χ0n) is 11.7. The highest BCUT2D eigenvalue weighted by Gasteiger charge is 2.07. The van der Waals surface area contributed by atoms with Crippen molar-refractivity contribution in [1.29, 1.82) is 0 Å². The number of carbonyl (C=O) groups is 2. The first-order chi connectivity index (χ1) is 10.2. The fourth-order valence-corrected chi connectivity index (χ4v) is 1.67. The molecule has 2 rings (SSSR count). The van der Waals surface area contributed by atoms with Gasteiger partial charge in [0.15, 0.2) is 0 Å². The SMILES string of the molecule is CCC(=O)Oc1ccc(C(=O)NCc2cccnc2)cc1. The van der Waals surface area contributed by atoms with Crippen molar-refractivity contribution in [2.75, 3.05) is 0 Å². The average Bonchev–Trinajstić information content (AvgIpc) is 2.54. The molecule has 1 N–H and O–H groups in total. The van der Waals surface area contributed by atoms with Gasteiger partial charge in [-0.15, -0.1) is 0 Å². The van der Waals surface area contributed by atoms with E-state index in [-0.39, 0.29) is 11.9 Å². The largest absolute Gasteiger partial charge is 0.427 e. The van der Waals surface area contributed by atoms with Crippen LogP contribution in [0.25, 0.3) is 0 Å². The van der Waals surface area contributed by atoms with E-state index in [1.807, 2.05) is 12.1 Å². The van der Waals surface area contributed by atoms with Crippen molar-refractivity contribution in [2.45, 2.75) is 19.9 Å². The van der Waals surface area contributed by atoms with Gasteiger partial charge in [0.25, 0.3) is 5.91 Å². The Bertz CT molecular complexity index is 609. The molecule has 0 atom stereocenters. The minimum Gasteiger partial charge on any atom is -0.427 e. The van der Waals surface area contributed by atoms with Gasteiger partial charge in [-0.3, -0.25) is 14.6 Å². The number of ether oxygens (including phenoxy) is 1. The van der Waals surface area contributed by atoms with Gasteiger partial charge in [0.2, 0.25) is 0 Å². The third kappa shape index (κ3) is 4.42. The number of carbonyl (C=O) groups excluding carboxylic acids is 2. The van der Waals surface area contributed by atoms with Crippen molar-refractivity contribution in [3.05, 3.63) is 59.9 Å². The average molecular weight is 284 g/mol. The first-order valence-electron chi connectivity index (χ1n) is 6.67. The topological polar surface area (TPSA) is 68.3 Å². The van der Waals surface area contributed by atoms with E-state index in [1.54, 1.807) is 43.6 Å². The Balaban J connectivity index is 1.92. The zero-order chi connectivity index (χ0) is 15.1. The van der Waals surface area contributed by atoms with E-state index in [9.17, 15) is 9.59 Å². The molecule has 0 saturated carbocycles. The van der Waals surface area contributed by atoms with Crippen LogP contribution >= 0.6 is 0 Å². The summed E-state index contributed by atoms with van der Waals surface area (Å²) in [5, 5.41) is 2.80. The number of nitrogens with zero attached hydrogens (tertiary/aromatic N) is 1. The van der Waals surface area contributed by atoms with Crippen molar-refractivity contribution < 1.29 is 14.3 Å². The van der Waals surface area contributed by atoms with E-state index in [2.05, 4.69) is 10.3 Å². The molecule has 5 nitrogen and oxygen atoms in total. The molecule has 0 aliphatic rings. The van der Waals surface area contributed by atoms with Crippen molar-refractivity contribution in [3.8, 4) is 5.75 Å². The number of nitrogens with one attached hydrogen (secondary N) is 1. The first kappa shape index (κ1) is 14.7. The molecular formula is C16H16N2O3. The molecule has 0 fully saturated rings. The van der Waals surface area contributed by atoms with Crippen LogP contribution in [-0.2, 0) is 11.3 Å². The van der Waals surface area contributed by atoms with Crippen LogP contribution in [0.15, 0.2) is 48.8 Å². The lowest BCUT2D eigenvalue weighted by Gasteiger charge is -2.06. The Morgan fingerprint density at radius 3 is 2.57 bits per heavy atom. The zero-order valence-corrected chi connectivity index (χ0v) is 11.7. The highest BCUT2D eigenvalue weighted by molar-refractivity contribution is 5.94. The maximum atomic E-state index is 12.0. The number of esters is 1. The van der Waals surface area contributed by atoms with E-state index in [1.165, 1.54) is 0 Å².